The number of benzene rings is 3. The van der Waals surface area contributed by atoms with Gasteiger partial charge in [0.05, 0.1) is 11.5 Å². The zero-order valence-corrected chi connectivity index (χ0v) is 24.2. The van der Waals surface area contributed by atoms with E-state index in [0.717, 1.165) is 27.8 Å². The first kappa shape index (κ1) is 29.7. The van der Waals surface area contributed by atoms with Crippen LogP contribution in [0.2, 0.25) is 5.02 Å². The van der Waals surface area contributed by atoms with E-state index < -0.39 is 23.6 Å². The molecule has 0 saturated carbocycles. The average Bonchev–Trinajstić information content (AvgIpc) is 3.19. The fourth-order valence-corrected chi connectivity index (χ4v) is 4.91. The predicted molar refractivity (Wildman–Crippen MR) is 160 cm³/mol. The van der Waals surface area contributed by atoms with Crippen LogP contribution in [0.5, 0.6) is 11.5 Å². The molecule has 0 spiro atoms. The van der Waals surface area contributed by atoms with Gasteiger partial charge in [0.25, 0.3) is 17.1 Å². The molecule has 1 aliphatic rings. The summed E-state index contributed by atoms with van der Waals surface area (Å²) >= 11 is 6.75. The first-order valence-electron chi connectivity index (χ1n) is 12.7. The van der Waals surface area contributed by atoms with E-state index in [0.29, 0.717) is 40.1 Å². The molecule has 1 aliphatic heterocycles. The van der Waals surface area contributed by atoms with Gasteiger partial charge >= 0.3 is 0 Å². The highest BCUT2D eigenvalue weighted by Gasteiger charge is 2.36. The lowest BCUT2D eigenvalue weighted by atomic mass is 10.2. The van der Waals surface area contributed by atoms with Crippen molar-refractivity contribution >= 4 is 63.8 Å². The van der Waals surface area contributed by atoms with Gasteiger partial charge in [0, 0.05) is 16.4 Å². The highest BCUT2D eigenvalue weighted by Crippen LogP contribution is 2.35. The number of amides is 4. The fourth-order valence-electron chi connectivity index (χ4n) is 3.89. The summed E-state index contributed by atoms with van der Waals surface area (Å²) in [5.74, 6) is -0.700. The molecule has 2 N–H and O–H groups in total. The lowest BCUT2D eigenvalue weighted by Gasteiger charge is -2.14. The number of rotatable bonds is 10. The zero-order valence-electron chi connectivity index (χ0n) is 22.7. The molecule has 0 bridgehead atoms. The van der Waals surface area contributed by atoms with Crippen LogP contribution in [0.4, 0.5) is 16.2 Å². The SMILES string of the molecule is CCOc1cc(/C=C2\SC(=O)N(CC(=O)Nc3cc(Cl)ccc3C)C2=O)ccc1OCC(=O)Nc1ccccc1C. The number of hydrogen-bond acceptors (Lipinski definition) is 7. The van der Waals surface area contributed by atoms with Gasteiger partial charge in [-0.1, -0.05) is 41.9 Å². The number of nitrogens with zero attached hydrogens (tertiary/aromatic N) is 1. The van der Waals surface area contributed by atoms with Crippen LogP contribution in [-0.2, 0) is 14.4 Å². The van der Waals surface area contributed by atoms with E-state index in [2.05, 4.69) is 10.6 Å². The molecular formula is C30H28ClN3O6S. The molecule has 0 radical (unpaired) electrons. The van der Waals surface area contributed by atoms with E-state index in [9.17, 15) is 19.2 Å². The van der Waals surface area contributed by atoms with Crippen molar-refractivity contribution in [1.29, 1.82) is 0 Å². The quantitative estimate of drug-likeness (QED) is 0.275. The smallest absolute Gasteiger partial charge is 0.294 e. The molecule has 41 heavy (non-hydrogen) atoms. The van der Waals surface area contributed by atoms with E-state index in [-0.39, 0.29) is 17.4 Å². The molecule has 1 saturated heterocycles. The third-order valence-corrected chi connectivity index (χ3v) is 7.13. The number of halogens is 1. The maximum atomic E-state index is 13.0. The molecule has 0 atom stereocenters. The minimum atomic E-state index is -0.580. The molecule has 11 heteroatoms. The fraction of sp³-hybridized carbons (Fsp3) is 0.200. The van der Waals surface area contributed by atoms with Crippen LogP contribution in [0, 0.1) is 13.8 Å². The van der Waals surface area contributed by atoms with Gasteiger partial charge in [0.2, 0.25) is 5.91 Å². The topological polar surface area (TPSA) is 114 Å². The second-order valence-electron chi connectivity index (χ2n) is 9.07. The maximum Gasteiger partial charge on any atom is 0.294 e. The summed E-state index contributed by atoms with van der Waals surface area (Å²) in [6.45, 7) is 5.18. The molecule has 0 unspecified atom stereocenters. The van der Waals surface area contributed by atoms with Gasteiger partial charge < -0.3 is 20.1 Å². The number of aryl methyl sites for hydroxylation is 2. The Bertz CT molecular complexity index is 1540. The summed E-state index contributed by atoms with van der Waals surface area (Å²) in [7, 11) is 0. The van der Waals surface area contributed by atoms with Crippen LogP contribution in [0.15, 0.2) is 65.6 Å². The number of imide groups is 1. The monoisotopic (exact) mass is 593 g/mol. The van der Waals surface area contributed by atoms with Crippen LogP contribution in [0.25, 0.3) is 6.08 Å². The van der Waals surface area contributed by atoms with Crippen molar-refractivity contribution in [3.05, 3.63) is 87.3 Å². The van der Waals surface area contributed by atoms with Crippen molar-refractivity contribution in [3.8, 4) is 11.5 Å². The highest BCUT2D eigenvalue weighted by atomic mass is 35.5. The van der Waals surface area contributed by atoms with Crippen LogP contribution < -0.4 is 20.1 Å². The van der Waals surface area contributed by atoms with Crippen molar-refractivity contribution in [2.45, 2.75) is 20.8 Å². The van der Waals surface area contributed by atoms with Crippen LogP contribution in [-0.4, -0.2) is 47.6 Å². The molecule has 212 valence electrons. The van der Waals surface area contributed by atoms with Gasteiger partial charge in [-0.2, -0.15) is 0 Å². The number of nitrogens with one attached hydrogen (secondary N) is 2. The third kappa shape index (κ3) is 7.68. The van der Waals surface area contributed by atoms with Crippen LogP contribution >= 0.6 is 23.4 Å². The summed E-state index contributed by atoms with van der Waals surface area (Å²) in [6.07, 6.45) is 1.54. The Morgan fingerprint density at radius 3 is 2.39 bits per heavy atom. The molecule has 0 aromatic heterocycles. The van der Waals surface area contributed by atoms with Crippen molar-refractivity contribution in [2.24, 2.45) is 0 Å². The molecule has 0 aliphatic carbocycles. The third-order valence-electron chi connectivity index (χ3n) is 5.99. The number of carbonyl (C=O) groups is 4. The summed E-state index contributed by atoms with van der Waals surface area (Å²) < 4.78 is 11.4. The zero-order chi connectivity index (χ0) is 29.5. The summed E-state index contributed by atoms with van der Waals surface area (Å²) in [6, 6.07) is 17.4. The molecule has 4 amide bonds. The number of ether oxygens (including phenoxy) is 2. The second-order valence-corrected chi connectivity index (χ2v) is 10.5. The number of anilines is 2. The van der Waals surface area contributed by atoms with E-state index in [1.807, 2.05) is 45.0 Å². The summed E-state index contributed by atoms with van der Waals surface area (Å²) in [4.78, 5) is 51.6. The van der Waals surface area contributed by atoms with Gasteiger partial charge in [0.15, 0.2) is 18.1 Å². The Hall–Kier alpha value is -4.28. The number of para-hydroxylation sites is 1. The van der Waals surface area contributed by atoms with Gasteiger partial charge in [-0.3, -0.25) is 24.1 Å². The number of hydrogen-bond donors (Lipinski definition) is 2. The van der Waals surface area contributed by atoms with E-state index in [4.69, 9.17) is 21.1 Å². The number of carbonyl (C=O) groups excluding carboxylic acids is 4. The lowest BCUT2D eigenvalue weighted by molar-refractivity contribution is -0.127. The molecule has 9 nitrogen and oxygen atoms in total. The Morgan fingerprint density at radius 2 is 1.63 bits per heavy atom. The van der Waals surface area contributed by atoms with Gasteiger partial charge in [-0.05, 0) is 85.6 Å². The van der Waals surface area contributed by atoms with Gasteiger partial charge in [0.1, 0.15) is 6.54 Å². The Morgan fingerprint density at radius 1 is 0.902 bits per heavy atom. The second kappa shape index (κ2) is 13.4. The van der Waals surface area contributed by atoms with E-state index >= 15 is 0 Å². The van der Waals surface area contributed by atoms with Crippen molar-refractivity contribution < 1.29 is 28.7 Å². The Kier molecular flexibility index (Phi) is 9.69. The van der Waals surface area contributed by atoms with Crippen LogP contribution in [0.3, 0.4) is 0 Å². The largest absolute Gasteiger partial charge is 0.490 e. The first-order valence-corrected chi connectivity index (χ1v) is 13.9. The standard InChI is InChI=1S/C30H28ClN3O6S/c1-4-39-25-13-20(10-12-24(25)40-17-28(36)32-22-8-6-5-7-18(22)2)14-26-29(37)34(30(38)41-26)16-27(35)33-23-15-21(31)11-9-19(23)3/h5-15H,4,16-17H2,1-3H3,(H,32,36)(H,33,35)/b26-14-. The summed E-state index contributed by atoms with van der Waals surface area (Å²) in [5, 5.41) is 5.40. The van der Waals surface area contributed by atoms with Gasteiger partial charge in [-0.25, -0.2) is 0 Å². The molecule has 1 fully saturated rings. The Balaban J connectivity index is 1.41. The Labute approximate surface area is 246 Å². The van der Waals surface area contributed by atoms with E-state index in [1.54, 1.807) is 42.5 Å². The molecule has 4 rings (SSSR count). The normalized spacial score (nSPS) is 13.9. The molecule has 3 aromatic carbocycles. The molecule has 1 heterocycles. The minimum Gasteiger partial charge on any atom is -0.490 e. The highest BCUT2D eigenvalue weighted by molar-refractivity contribution is 8.18. The first-order chi connectivity index (χ1) is 19.6. The maximum absolute atomic E-state index is 13.0. The van der Waals surface area contributed by atoms with Gasteiger partial charge in [-0.15, -0.1) is 0 Å². The lowest BCUT2D eigenvalue weighted by Crippen LogP contribution is -2.36. The predicted octanol–water partition coefficient (Wildman–Crippen LogP) is 6.05. The van der Waals surface area contributed by atoms with Crippen molar-refractivity contribution in [3.63, 3.8) is 0 Å². The average molecular weight is 594 g/mol. The minimum absolute atomic E-state index is 0.162. The van der Waals surface area contributed by atoms with Crippen LogP contribution in [0.1, 0.15) is 23.6 Å². The number of thioether (sulfide) groups is 1. The van der Waals surface area contributed by atoms with E-state index in [1.165, 1.54) is 0 Å². The molecule has 3 aromatic rings. The summed E-state index contributed by atoms with van der Waals surface area (Å²) in [5.41, 5.74) is 3.51. The van der Waals surface area contributed by atoms with Crippen molar-refractivity contribution in [2.75, 3.05) is 30.4 Å². The van der Waals surface area contributed by atoms with Crippen molar-refractivity contribution in [1.82, 2.24) is 4.90 Å². The molecular weight excluding hydrogens is 566 g/mol.